The van der Waals surface area contributed by atoms with Crippen LogP contribution in [0.3, 0.4) is 0 Å². The lowest BCUT2D eigenvalue weighted by atomic mass is 9.76. The van der Waals surface area contributed by atoms with Gasteiger partial charge in [-0.25, -0.2) is 13.2 Å². The Morgan fingerprint density at radius 2 is 1.81 bits per heavy atom. The Kier molecular flexibility index (Phi) is 5.09. The molecule has 9 heteroatoms. The number of urea groups is 1. The van der Waals surface area contributed by atoms with Crippen molar-refractivity contribution in [3.63, 3.8) is 0 Å². The number of carbonyl (C=O) groups excluding carboxylic acids is 3. The number of rotatable bonds is 5. The number of imide groups is 1. The molecule has 0 saturated carbocycles. The molecule has 8 nitrogen and oxygen atoms in total. The van der Waals surface area contributed by atoms with Gasteiger partial charge >= 0.3 is 6.03 Å². The van der Waals surface area contributed by atoms with Gasteiger partial charge in [-0.2, -0.15) is 0 Å². The van der Waals surface area contributed by atoms with Crippen LogP contribution in [-0.4, -0.2) is 50.9 Å². The van der Waals surface area contributed by atoms with Crippen molar-refractivity contribution in [1.82, 2.24) is 10.2 Å². The summed E-state index contributed by atoms with van der Waals surface area (Å²) in [4.78, 5) is 39.7. The fraction of sp³-hybridized carbons (Fsp3) is 0.318. The van der Waals surface area contributed by atoms with E-state index >= 15 is 0 Å². The molecule has 1 heterocycles. The van der Waals surface area contributed by atoms with E-state index in [0.717, 1.165) is 39.4 Å². The van der Waals surface area contributed by atoms with Gasteiger partial charge in [0.1, 0.15) is 5.54 Å². The van der Waals surface area contributed by atoms with E-state index in [9.17, 15) is 22.8 Å². The van der Waals surface area contributed by atoms with E-state index in [0.29, 0.717) is 12.1 Å². The Morgan fingerprint density at radius 1 is 1.13 bits per heavy atom. The van der Waals surface area contributed by atoms with E-state index in [4.69, 9.17) is 0 Å². The standard InChI is InChI=1S/C22H23N3O5S/c1-24(31(2,29)30)17-11-9-16(10-12-17)19(26)14-25-20(27)22(23-21(25)28)13-5-7-15-6-3-4-8-18(15)22/h3-4,6,8-12H,5,7,13-14H2,1-2H3,(H,23,28)/t22-/m1/s1. The molecule has 1 spiro atoms. The van der Waals surface area contributed by atoms with Crippen LogP contribution in [0.5, 0.6) is 0 Å². The molecular weight excluding hydrogens is 418 g/mol. The topological polar surface area (TPSA) is 104 Å². The van der Waals surface area contributed by atoms with Crippen LogP contribution in [-0.2, 0) is 26.8 Å². The minimum Gasteiger partial charge on any atom is -0.319 e. The van der Waals surface area contributed by atoms with Crippen molar-refractivity contribution in [2.24, 2.45) is 0 Å². The third-order valence-corrected chi connectivity index (χ3v) is 7.21. The van der Waals surface area contributed by atoms with Gasteiger partial charge in [-0.05, 0) is 54.7 Å². The van der Waals surface area contributed by atoms with E-state index in [2.05, 4.69) is 5.32 Å². The first kappa shape index (κ1) is 21.0. The molecule has 1 saturated heterocycles. The molecular formula is C22H23N3O5S. The number of hydrogen-bond donors (Lipinski definition) is 1. The molecule has 2 aliphatic rings. The number of aryl methyl sites for hydroxylation is 1. The number of carbonyl (C=O) groups is 3. The molecule has 2 aromatic rings. The first-order chi connectivity index (χ1) is 14.6. The summed E-state index contributed by atoms with van der Waals surface area (Å²) in [6, 6.07) is 13.0. The van der Waals surface area contributed by atoms with E-state index < -0.39 is 33.3 Å². The summed E-state index contributed by atoms with van der Waals surface area (Å²) in [5.41, 5.74) is 1.40. The number of hydrogen-bond acceptors (Lipinski definition) is 5. The first-order valence-corrected chi connectivity index (χ1v) is 11.8. The van der Waals surface area contributed by atoms with Crippen LogP contribution in [0.4, 0.5) is 10.5 Å². The third kappa shape index (κ3) is 3.59. The van der Waals surface area contributed by atoms with E-state index in [-0.39, 0.29) is 12.1 Å². The summed E-state index contributed by atoms with van der Waals surface area (Å²) in [5, 5.41) is 2.83. The van der Waals surface area contributed by atoms with Gasteiger partial charge < -0.3 is 5.32 Å². The van der Waals surface area contributed by atoms with E-state index in [1.54, 1.807) is 0 Å². The molecule has 1 atom stereocenters. The number of amides is 3. The summed E-state index contributed by atoms with van der Waals surface area (Å²) >= 11 is 0. The summed E-state index contributed by atoms with van der Waals surface area (Å²) in [7, 11) is -2.00. The molecule has 0 bridgehead atoms. The van der Waals surface area contributed by atoms with Gasteiger partial charge in [0.15, 0.2) is 5.78 Å². The molecule has 4 rings (SSSR count). The van der Waals surface area contributed by atoms with Gasteiger partial charge in [-0.3, -0.25) is 18.8 Å². The Labute approximate surface area is 180 Å². The quantitative estimate of drug-likeness (QED) is 0.565. The summed E-state index contributed by atoms with van der Waals surface area (Å²) < 4.78 is 24.4. The predicted molar refractivity (Wildman–Crippen MR) is 115 cm³/mol. The molecule has 1 aliphatic heterocycles. The molecule has 1 aliphatic carbocycles. The summed E-state index contributed by atoms with van der Waals surface area (Å²) in [5.74, 6) is -0.815. The zero-order chi connectivity index (χ0) is 22.4. The summed E-state index contributed by atoms with van der Waals surface area (Å²) in [6.45, 7) is -0.379. The Bertz CT molecular complexity index is 1180. The fourth-order valence-electron chi connectivity index (χ4n) is 4.24. The highest BCUT2D eigenvalue weighted by molar-refractivity contribution is 7.92. The van der Waals surface area contributed by atoms with Crippen LogP contribution in [0.15, 0.2) is 48.5 Å². The second-order valence-corrected chi connectivity index (χ2v) is 9.95. The minimum atomic E-state index is -3.42. The highest BCUT2D eigenvalue weighted by atomic mass is 32.2. The van der Waals surface area contributed by atoms with Crippen LogP contribution in [0.2, 0.25) is 0 Å². The lowest BCUT2D eigenvalue weighted by Crippen LogP contribution is -2.46. The monoisotopic (exact) mass is 441 g/mol. The summed E-state index contributed by atoms with van der Waals surface area (Å²) in [6.07, 6.45) is 3.18. The largest absolute Gasteiger partial charge is 0.325 e. The third-order valence-electron chi connectivity index (χ3n) is 6.00. The van der Waals surface area contributed by atoms with Crippen LogP contribution < -0.4 is 9.62 Å². The molecule has 1 fully saturated rings. The maximum atomic E-state index is 13.3. The zero-order valence-electron chi connectivity index (χ0n) is 17.3. The number of anilines is 1. The van der Waals surface area contributed by atoms with Crippen molar-refractivity contribution >= 4 is 33.4 Å². The Morgan fingerprint density at radius 3 is 2.48 bits per heavy atom. The second kappa shape index (κ2) is 7.49. The number of nitrogens with one attached hydrogen (secondary N) is 1. The molecule has 2 aromatic carbocycles. The molecule has 0 unspecified atom stereocenters. The average molecular weight is 442 g/mol. The maximum Gasteiger partial charge on any atom is 0.325 e. The van der Waals surface area contributed by atoms with E-state index in [1.165, 1.54) is 31.3 Å². The number of ketones is 1. The second-order valence-electron chi connectivity index (χ2n) is 7.94. The SMILES string of the molecule is CN(c1ccc(C(=O)CN2C(=O)N[C@@]3(CCCc4ccccc43)C2=O)cc1)S(C)(=O)=O. The maximum absolute atomic E-state index is 13.3. The Balaban J connectivity index is 1.55. The van der Waals surface area contributed by atoms with Crippen molar-refractivity contribution in [2.45, 2.75) is 24.8 Å². The predicted octanol–water partition coefficient (Wildman–Crippen LogP) is 2.05. The fourth-order valence-corrected chi connectivity index (χ4v) is 4.74. The van der Waals surface area contributed by atoms with Gasteiger partial charge in [0.2, 0.25) is 10.0 Å². The molecule has 1 N–H and O–H groups in total. The molecule has 0 radical (unpaired) electrons. The first-order valence-electron chi connectivity index (χ1n) is 9.93. The highest BCUT2D eigenvalue weighted by Gasteiger charge is 2.54. The number of nitrogens with zero attached hydrogens (tertiary/aromatic N) is 2. The lowest BCUT2D eigenvalue weighted by molar-refractivity contribution is -0.131. The zero-order valence-corrected chi connectivity index (χ0v) is 18.1. The number of benzene rings is 2. The van der Waals surface area contributed by atoms with E-state index in [1.807, 2.05) is 24.3 Å². The van der Waals surface area contributed by atoms with Gasteiger partial charge in [-0.1, -0.05) is 24.3 Å². The van der Waals surface area contributed by atoms with Crippen LogP contribution in [0, 0.1) is 0 Å². The van der Waals surface area contributed by atoms with Crippen molar-refractivity contribution < 1.29 is 22.8 Å². The lowest BCUT2D eigenvalue weighted by Gasteiger charge is -2.33. The highest BCUT2D eigenvalue weighted by Crippen LogP contribution is 2.39. The van der Waals surface area contributed by atoms with Crippen LogP contribution in [0.1, 0.15) is 34.3 Å². The minimum absolute atomic E-state index is 0.288. The van der Waals surface area contributed by atoms with Gasteiger partial charge in [0.05, 0.1) is 18.5 Å². The van der Waals surface area contributed by atoms with Gasteiger partial charge in [-0.15, -0.1) is 0 Å². The number of fused-ring (bicyclic) bond motifs is 2. The number of sulfonamides is 1. The molecule has 0 aromatic heterocycles. The normalized spacial score (nSPS) is 20.5. The molecule has 31 heavy (non-hydrogen) atoms. The van der Waals surface area contributed by atoms with Gasteiger partial charge in [0.25, 0.3) is 5.91 Å². The average Bonchev–Trinajstić information content (AvgIpc) is 2.97. The Hall–Kier alpha value is -3.20. The van der Waals surface area contributed by atoms with Crippen molar-refractivity contribution in [3.8, 4) is 0 Å². The smallest absolute Gasteiger partial charge is 0.319 e. The van der Waals surface area contributed by atoms with Crippen molar-refractivity contribution in [3.05, 3.63) is 65.2 Å². The molecule has 162 valence electrons. The van der Waals surface area contributed by atoms with Crippen LogP contribution in [0.25, 0.3) is 0 Å². The van der Waals surface area contributed by atoms with Gasteiger partial charge in [0, 0.05) is 12.6 Å². The van der Waals surface area contributed by atoms with Crippen molar-refractivity contribution in [1.29, 1.82) is 0 Å². The van der Waals surface area contributed by atoms with Crippen LogP contribution >= 0.6 is 0 Å². The number of Topliss-reactive ketones (excluding diaryl/α,β-unsaturated/α-hetero) is 1. The molecule has 3 amide bonds. The van der Waals surface area contributed by atoms with Crippen molar-refractivity contribution in [2.75, 3.05) is 24.2 Å².